The largest absolute Gasteiger partial charge is 0.353 e. The van der Waals surface area contributed by atoms with Crippen LogP contribution in [-0.4, -0.2) is 48.9 Å². The predicted octanol–water partition coefficient (Wildman–Crippen LogP) is 4.19. The highest BCUT2D eigenvalue weighted by atomic mass is 35.5. The lowest BCUT2D eigenvalue weighted by Gasteiger charge is -2.34. The normalized spacial score (nSPS) is 18.5. The quantitative estimate of drug-likeness (QED) is 0.710. The molecular formula is C16H16ClN3S2. The molecule has 1 aromatic carbocycles. The monoisotopic (exact) mass is 349 g/mol. The van der Waals surface area contributed by atoms with Crippen LogP contribution in [0.3, 0.4) is 0 Å². The summed E-state index contributed by atoms with van der Waals surface area (Å²) in [7, 11) is 2.17. The van der Waals surface area contributed by atoms with Crippen LogP contribution >= 0.6 is 34.7 Å². The second-order valence-corrected chi connectivity index (χ2v) is 7.99. The van der Waals surface area contributed by atoms with E-state index in [1.807, 2.05) is 12.1 Å². The van der Waals surface area contributed by atoms with Crippen LogP contribution < -0.4 is 0 Å². The first-order valence-corrected chi connectivity index (χ1v) is 9.35. The van der Waals surface area contributed by atoms with Crippen LogP contribution in [-0.2, 0) is 0 Å². The van der Waals surface area contributed by atoms with Gasteiger partial charge in [0.25, 0.3) is 0 Å². The van der Waals surface area contributed by atoms with Crippen molar-refractivity contribution in [3.63, 3.8) is 0 Å². The maximum atomic E-state index is 6.17. The minimum absolute atomic E-state index is 0.742. The molecule has 0 radical (unpaired) electrons. The Morgan fingerprint density at radius 1 is 1.09 bits per heavy atom. The highest BCUT2D eigenvalue weighted by molar-refractivity contribution is 7.99. The fraction of sp³-hybridized carbons (Fsp3) is 0.312. The van der Waals surface area contributed by atoms with E-state index in [9.17, 15) is 0 Å². The van der Waals surface area contributed by atoms with Crippen LogP contribution in [0.5, 0.6) is 0 Å². The van der Waals surface area contributed by atoms with Crippen molar-refractivity contribution in [2.45, 2.75) is 9.79 Å². The van der Waals surface area contributed by atoms with E-state index < -0.39 is 0 Å². The molecule has 2 aliphatic heterocycles. The van der Waals surface area contributed by atoms with Crippen LogP contribution in [0.4, 0.5) is 5.69 Å². The van der Waals surface area contributed by atoms with Gasteiger partial charge in [-0.25, -0.2) is 4.99 Å². The molecule has 1 saturated heterocycles. The topological polar surface area (TPSA) is 18.8 Å². The standard InChI is InChI=1S/C16H16ClN3S2/c1-19-5-7-20(8-6-19)16-15-14(4-9-21-15)22-13-3-2-11(17)10-12(13)18-16/h2-4,9-10H,5-8H2,1H3. The summed E-state index contributed by atoms with van der Waals surface area (Å²) in [5, 5.41) is 2.90. The van der Waals surface area contributed by atoms with E-state index in [4.69, 9.17) is 16.6 Å². The number of piperazine rings is 1. The fourth-order valence-corrected chi connectivity index (χ4v) is 4.95. The van der Waals surface area contributed by atoms with E-state index in [-0.39, 0.29) is 0 Å². The Kier molecular flexibility index (Phi) is 3.90. The molecule has 6 heteroatoms. The zero-order valence-electron chi connectivity index (χ0n) is 12.3. The first-order valence-electron chi connectivity index (χ1n) is 7.28. The minimum atomic E-state index is 0.742. The molecule has 1 fully saturated rings. The summed E-state index contributed by atoms with van der Waals surface area (Å²) in [6, 6.07) is 8.17. The molecule has 3 heterocycles. The number of likely N-dealkylation sites (N-methyl/N-ethyl adjacent to an activating group) is 1. The van der Waals surface area contributed by atoms with Crippen LogP contribution in [0.1, 0.15) is 4.88 Å². The number of fused-ring (bicyclic) bond motifs is 2. The molecule has 0 amide bonds. The lowest BCUT2D eigenvalue weighted by molar-refractivity contribution is 0.216. The zero-order valence-corrected chi connectivity index (χ0v) is 14.6. The van der Waals surface area contributed by atoms with Crippen molar-refractivity contribution in [2.75, 3.05) is 33.2 Å². The number of benzene rings is 1. The third kappa shape index (κ3) is 2.67. The van der Waals surface area contributed by atoms with Crippen molar-refractivity contribution in [3.8, 4) is 0 Å². The van der Waals surface area contributed by atoms with Gasteiger partial charge in [-0.2, -0.15) is 0 Å². The maximum Gasteiger partial charge on any atom is 0.147 e. The Bertz CT molecular complexity index is 733. The summed E-state index contributed by atoms with van der Waals surface area (Å²) >= 11 is 9.73. The average molecular weight is 350 g/mol. The smallest absolute Gasteiger partial charge is 0.147 e. The molecule has 0 atom stereocenters. The Morgan fingerprint density at radius 2 is 1.91 bits per heavy atom. The van der Waals surface area contributed by atoms with Gasteiger partial charge in [-0.3, -0.25) is 0 Å². The van der Waals surface area contributed by atoms with Gasteiger partial charge in [-0.05, 0) is 36.7 Å². The van der Waals surface area contributed by atoms with E-state index in [0.717, 1.165) is 42.7 Å². The summed E-state index contributed by atoms with van der Waals surface area (Å²) in [6.45, 7) is 4.20. The Balaban J connectivity index is 1.80. The summed E-state index contributed by atoms with van der Waals surface area (Å²) in [5.74, 6) is 1.10. The lowest BCUT2D eigenvalue weighted by Crippen LogP contribution is -2.47. The first kappa shape index (κ1) is 14.6. The number of halogens is 1. The molecule has 2 aromatic rings. The molecule has 2 aliphatic rings. The molecule has 22 heavy (non-hydrogen) atoms. The summed E-state index contributed by atoms with van der Waals surface area (Å²) in [4.78, 5) is 13.5. The van der Waals surface area contributed by atoms with Crippen molar-refractivity contribution >= 4 is 46.2 Å². The molecule has 0 unspecified atom stereocenters. The van der Waals surface area contributed by atoms with E-state index in [0.29, 0.717) is 0 Å². The maximum absolute atomic E-state index is 6.17. The number of hydrogen-bond donors (Lipinski definition) is 0. The van der Waals surface area contributed by atoms with Gasteiger partial charge >= 0.3 is 0 Å². The predicted molar refractivity (Wildman–Crippen MR) is 95.2 cm³/mol. The SMILES string of the molecule is CN1CCN(C2=Nc3cc(Cl)ccc3Sc3ccsc32)CC1. The molecular weight excluding hydrogens is 334 g/mol. The van der Waals surface area contributed by atoms with E-state index in [1.54, 1.807) is 23.1 Å². The summed E-state index contributed by atoms with van der Waals surface area (Å²) in [6.07, 6.45) is 0. The molecule has 1 aromatic heterocycles. The fourth-order valence-electron chi connectivity index (χ4n) is 2.72. The van der Waals surface area contributed by atoms with Crippen molar-refractivity contribution in [2.24, 2.45) is 4.99 Å². The molecule has 0 spiro atoms. The van der Waals surface area contributed by atoms with Crippen molar-refractivity contribution in [1.29, 1.82) is 0 Å². The summed E-state index contributed by atoms with van der Waals surface area (Å²) < 4.78 is 0. The molecule has 0 saturated carbocycles. The molecule has 0 aliphatic carbocycles. The van der Waals surface area contributed by atoms with Gasteiger partial charge in [-0.15, -0.1) is 11.3 Å². The molecule has 4 rings (SSSR count). The Hall–Kier alpha value is -1.01. The van der Waals surface area contributed by atoms with Crippen molar-refractivity contribution in [1.82, 2.24) is 9.80 Å². The van der Waals surface area contributed by atoms with Gasteiger partial charge < -0.3 is 9.80 Å². The Morgan fingerprint density at radius 3 is 2.73 bits per heavy atom. The van der Waals surface area contributed by atoms with E-state index in [1.165, 1.54) is 14.7 Å². The molecule has 3 nitrogen and oxygen atoms in total. The Labute approximate surface area is 143 Å². The number of aliphatic imine (C=N–C) groups is 1. The van der Waals surface area contributed by atoms with Gasteiger partial charge in [-0.1, -0.05) is 23.4 Å². The molecule has 0 N–H and O–H groups in total. The van der Waals surface area contributed by atoms with E-state index in [2.05, 4.69) is 34.4 Å². The summed E-state index contributed by atoms with van der Waals surface area (Å²) in [5.41, 5.74) is 0.981. The minimum Gasteiger partial charge on any atom is -0.353 e. The van der Waals surface area contributed by atoms with Gasteiger partial charge in [0.15, 0.2) is 0 Å². The van der Waals surface area contributed by atoms with Crippen LogP contribution in [0, 0.1) is 0 Å². The first-order chi connectivity index (χ1) is 10.7. The van der Waals surface area contributed by atoms with Crippen molar-refractivity contribution < 1.29 is 0 Å². The molecule has 114 valence electrons. The highest BCUT2D eigenvalue weighted by Gasteiger charge is 2.25. The van der Waals surface area contributed by atoms with Gasteiger partial charge in [0.1, 0.15) is 5.84 Å². The second-order valence-electron chi connectivity index (χ2n) is 5.55. The van der Waals surface area contributed by atoms with Crippen LogP contribution in [0.2, 0.25) is 5.02 Å². The second kappa shape index (κ2) is 5.89. The van der Waals surface area contributed by atoms with Gasteiger partial charge in [0, 0.05) is 41.0 Å². The van der Waals surface area contributed by atoms with Crippen LogP contribution in [0.15, 0.2) is 44.4 Å². The number of rotatable bonds is 0. The molecule has 0 bridgehead atoms. The van der Waals surface area contributed by atoms with Crippen molar-refractivity contribution in [3.05, 3.63) is 39.5 Å². The van der Waals surface area contributed by atoms with Gasteiger partial charge in [0.2, 0.25) is 0 Å². The average Bonchev–Trinajstić information content (AvgIpc) is 2.91. The third-order valence-corrected chi connectivity index (χ3v) is 6.40. The lowest BCUT2D eigenvalue weighted by atomic mass is 10.3. The zero-order chi connectivity index (χ0) is 15.1. The van der Waals surface area contributed by atoms with Gasteiger partial charge in [0.05, 0.1) is 10.6 Å². The number of hydrogen-bond acceptors (Lipinski definition) is 5. The van der Waals surface area contributed by atoms with E-state index >= 15 is 0 Å². The number of amidine groups is 1. The highest BCUT2D eigenvalue weighted by Crippen LogP contribution is 2.43. The number of thiophene rings is 1. The van der Waals surface area contributed by atoms with Crippen LogP contribution in [0.25, 0.3) is 0 Å². The number of nitrogens with zero attached hydrogens (tertiary/aromatic N) is 3. The third-order valence-electron chi connectivity index (χ3n) is 4.00.